The maximum absolute atomic E-state index is 11.6. The molecule has 1 saturated heterocycles. The number of hydrogen-bond acceptors (Lipinski definition) is 5. The van der Waals surface area contributed by atoms with E-state index in [2.05, 4.69) is 11.9 Å². The summed E-state index contributed by atoms with van der Waals surface area (Å²) in [5.74, 6) is 0.625. The maximum Gasteiger partial charge on any atom is 0.250 e. The predicted molar refractivity (Wildman–Crippen MR) is 71.8 cm³/mol. The van der Waals surface area contributed by atoms with Crippen LogP contribution in [0, 0.1) is 0 Å². The summed E-state index contributed by atoms with van der Waals surface area (Å²) in [5.41, 5.74) is 0.0383. The molecule has 1 aromatic carbocycles. The van der Waals surface area contributed by atoms with Gasteiger partial charge in [-0.1, -0.05) is 12.6 Å². The van der Waals surface area contributed by atoms with E-state index in [-0.39, 0.29) is 6.04 Å². The van der Waals surface area contributed by atoms with Gasteiger partial charge < -0.3 is 10.1 Å². The molecule has 0 amide bonds. The van der Waals surface area contributed by atoms with Crippen molar-refractivity contribution in [2.24, 2.45) is 0 Å². The summed E-state index contributed by atoms with van der Waals surface area (Å²) >= 11 is 1.45. The molecule has 0 spiro atoms. The first-order valence-electron chi connectivity index (χ1n) is 5.64. The first-order chi connectivity index (χ1) is 8.68. The Balaban J connectivity index is 1.94. The Morgan fingerprint density at radius 3 is 2.83 bits per heavy atom. The van der Waals surface area contributed by atoms with Crippen molar-refractivity contribution in [3.63, 3.8) is 0 Å². The van der Waals surface area contributed by atoms with E-state index in [9.17, 15) is 9.59 Å². The molecular formula is C13H11NO3S. The molecule has 92 valence electrons. The summed E-state index contributed by atoms with van der Waals surface area (Å²) in [6, 6.07) is 3.62. The van der Waals surface area contributed by atoms with Crippen molar-refractivity contribution in [3.8, 4) is 10.4 Å². The third kappa shape index (κ3) is 1.59. The van der Waals surface area contributed by atoms with Crippen LogP contribution in [-0.4, -0.2) is 12.6 Å². The SMILES string of the molecule is C=C1OCCC1Nc1c(-c2cccs2)c(=O)c1=O. The van der Waals surface area contributed by atoms with Gasteiger partial charge in [-0.3, -0.25) is 9.59 Å². The predicted octanol–water partition coefficient (Wildman–Crippen LogP) is 1.73. The molecule has 3 rings (SSSR count). The fraction of sp³-hybridized carbons (Fsp3) is 0.231. The average molecular weight is 261 g/mol. The van der Waals surface area contributed by atoms with Crippen molar-refractivity contribution >= 4 is 17.0 Å². The maximum atomic E-state index is 11.6. The van der Waals surface area contributed by atoms with Gasteiger partial charge in [0.25, 0.3) is 0 Å². The lowest BCUT2D eigenvalue weighted by molar-refractivity contribution is 0.264. The van der Waals surface area contributed by atoms with E-state index in [0.29, 0.717) is 23.6 Å². The van der Waals surface area contributed by atoms with Gasteiger partial charge in [0.05, 0.1) is 23.9 Å². The molecule has 0 radical (unpaired) electrons. The minimum atomic E-state index is -0.446. The van der Waals surface area contributed by atoms with Crippen LogP contribution in [0.3, 0.4) is 0 Å². The Morgan fingerprint density at radius 1 is 1.39 bits per heavy atom. The van der Waals surface area contributed by atoms with Crippen molar-refractivity contribution < 1.29 is 4.74 Å². The van der Waals surface area contributed by atoms with Gasteiger partial charge in [0.1, 0.15) is 5.76 Å². The van der Waals surface area contributed by atoms with E-state index >= 15 is 0 Å². The fourth-order valence-electron chi connectivity index (χ4n) is 2.08. The zero-order valence-electron chi connectivity index (χ0n) is 9.56. The van der Waals surface area contributed by atoms with Crippen molar-refractivity contribution in [2.45, 2.75) is 12.5 Å². The number of anilines is 1. The first-order valence-corrected chi connectivity index (χ1v) is 6.52. The van der Waals surface area contributed by atoms with E-state index in [1.54, 1.807) is 0 Å². The number of nitrogens with one attached hydrogen (secondary N) is 1. The molecule has 1 atom stereocenters. The fourth-order valence-corrected chi connectivity index (χ4v) is 2.86. The normalized spacial score (nSPS) is 19.1. The van der Waals surface area contributed by atoms with Crippen LogP contribution in [0.5, 0.6) is 0 Å². The van der Waals surface area contributed by atoms with Crippen LogP contribution in [0.25, 0.3) is 10.4 Å². The zero-order chi connectivity index (χ0) is 12.7. The molecule has 1 aliphatic heterocycles. The van der Waals surface area contributed by atoms with Crippen LogP contribution < -0.4 is 16.2 Å². The topological polar surface area (TPSA) is 55.4 Å². The lowest BCUT2D eigenvalue weighted by Gasteiger charge is -2.16. The standard InChI is InChI=1S/C13H11NO3S/c1-7-8(4-5-17-7)14-11-10(12(15)13(11)16)9-3-2-6-18-9/h2-3,6,8,14H,1,4-5H2. The Hall–Kier alpha value is -1.88. The highest BCUT2D eigenvalue weighted by molar-refractivity contribution is 7.13. The molecule has 4 nitrogen and oxygen atoms in total. The second-order valence-corrected chi connectivity index (χ2v) is 5.13. The van der Waals surface area contributed by atoms with Crippen LogP contribution in [0.1, 0.15) is 6.42 Å². The Bertz CT molecular complexity index is 665. The van der Waals surface area contributed by atoms with E-state index < -0.39 is 10.9 Å². The molecule has 1 unspecified atom stereocenters. The van der Waals surface area contributed by atoms with Crippen molar-refractivity contribution in [3.05, 3.63) is 50.3 Å². The highest BCUT2D eigenvalue weighted by atomic mass is 32.1. The molecule has 5 heteroatoms. The molecule has 0 bridgehead atoms. The van der Waals surface area contributed by atoms with Crippen LogP contribution in [-0.2, 0) is 4.74 Å². The average Bonchev–Trinajstić information content (AvgIpc) is 3.00. The Morgan fingerprint density at radius 2 is 2.22 bits per heavy atom. The molecular weight excluding hydrogens is 250 g/mol. The van der Waals surface area contributed by atoms with Crippen LogP contribution in [0.2, 0.25) is 0 Å². The summed E-state index contributed by atoms with van der Waals surface area (Å²) in [5, 5.41) is 4.96. The van der Waals surface area contributed by atoms with Crippen molar-refractivity contribution in [1.82, 2.24) is 0 Å². The summed E-state index contributed by atoms with van der Waals surface area (Å²) in [4.78, 5) is 24.1. The molecule has 0 aliphatic carbocycles. The lowest BCUT2D eigenvalue weighted by atomic mass is 10.0. The molecule has 1 N–H and O–H groups in total. The first kappa shape index (κ1) is 11.2. The molecule has 2 heterocycles. The third-order valence-corrected chi connectivity index (χ3v) is 3.97. The summed E-state index contributed by atoms with van der Waals surface area (Å²) in [7, 11) is 0. The second-order valence-electron chi connectivity index (χ2n) is 4.19. The minimum Gasteiger partial charge on any atom is -0.496 e. The molecule has 1 fully saturated rings. The highest BCUT2D eigenvalue weighted by Crippen LogP contribution is 2.30. The highest BCUT2D eigenvalue weighted by Gasteiger charge is 2.28. The van der Waals surface area contributed by atoms with E-state index in [1.807, 2.05) is 17.5 Å². The molecule has 1 aromatic heterocycles. The lowest BCUT2D eigenvalue weighted by Crippen LogP contribution is -2.38. The second kappa shape index (κ2) is 4.10. The van der Waals surface area contributed by atoms with Gasteiger partial charge in [-0.2, -0.15) is 0 Å². The van der Waals surface area contributed by atoms with Crippen molar-refractivity contribution in [2.75, 3.05) is 11.9 Å². The van der Waals surface area contributed by atoms with Gasteiger partial charge in [0, 0.05) is 11.3 Å². The van der Waals surface area contributed by atoms with Gasteiger partial charge in [-0.25, -0.2) is 0 Å². The smallest absolute Gasteiger partial charge is 0.250 e. The Kier molecular flexibility index (Phi) is 2.56. The van der Waals surface area contributed by atoms with Gasteiger partial charge >= 0.3 is 0 Å². The van der Waals surface area contributed by atoms with E-state index in [1.165, 1.54) is 11.3 Å². The molecule has 0 saturated carbocycles. The molecule has 1 aliphatic rings. The van der Waals surface area contributed by atoms with Gasteiger partial charge in [-0.05, 0) is 11.4 Å². The van der Waals surface area contributed by atoms with E-state index in [4.69, 9.17) is 4.74 Å². The zero-order valence-corrected chi connectivity index (χ0v) is 10.4. The monoisotopic (exact) mass is 261 g/mol. The van der Waals surface area contributed by atoms with Crippen LogP contribution >= 0.6 is 11.3 Å². The number of thiophene rings is 1. The summed E-state index contributed by atoms with van der Waals surface area (Å²) < 4.78 is 5.25. The third-order valence-electron chi connectivity index (χ3n) is 3.08. The summed E-state index contributed by atoms with van der Waals surface area (Å²) in [6.07, 6.45) is 0.765. The molecule has 2 aromatic rings. The quantitative estimate of drug-likeness (QED) is 0.855. The van der Waals surface area contributed by atoms with Gasteiger partial charge in [0.15, 0.2) is 0 Å². The van der Waals surface area contributed by atoms with Gasteiger partial charge in [0.2, 0.25) is 10.9 Å². The number of ether oxygens (including phenoxy) is 1. The van der Waals surface area contributed by atoms with Crippen LogP contribution in [0.15, 0.2) is 39.4 Å². The minimum absolute atomic E-state index is 0.0768. The van der Waals surface area contributed by atoms with Gasteiger partial charge in [-0.15, -0.1) is 11.3 Å². The largest absolute Gasteiger partial charge is 0.496 e. The number of hydrogen-bond donors (Lipinski definition) is 1. The Labute approximate surface area is 107 Å². The molecule has 18 heavy (non-hydrogen) atoms. The number of rotatable bonds is 3. The van der Waals surface area contributed by atoms with Crippen LogP contribution in [0.4, 0.5) is 5.69 Å². The van der Waals surface area contributed by atoms with Crippen molar-refractivity contribution in [1.29, 1.82) is 0 Å². The van der Waals surface area contributed by atoms with E-state index in [0.717, 1.165) is 11.3 Å². The summed E-state index contributed by atoms with van der Waals surface area (Å²) in [6.45, 7) is 4.38.